The van der Waals surface area contributed by atoms with E-state index < -0.39 is 0 Å². The molecule has 0 atom stereocenters. The largest absolute Gasteiger partial charge is 1.00 e. The molecule has 16 heavy (non-hydrogen) atoms. The molecule has 0 saturated carbocycles. The Morgan fingerprint density at radius 1 is 1.31 bits per heavy atom. The minimum absolute atomic E-state index is 0. The SMILES string of the molecule is [CH2-]CN(C[CH2-])C(=O)c1cnc(C)nc1.[CH3-].[Li+]. The summed E-state index contributed by atoms with van der Waals surface area (Å²) in [4.78, 5) is 21.1. The molecule has 0 fully saturated rings. The predicted octanol–water partition coefficient (Wildman–Crippen LogP) is -1.65. The van der Waals surface area contributed by atoms with Gasteiger partial charge in [-0.15, -0.1) is 13.1 Å². The number of aromatic nitrogens is 2. The van der Waals surface area contributed by atoms with E-state index in [0.29, 0.717) is 24.5 Å². The van der Waals surface area contributed by atoms with Crippen molar-refractivity contribution in [1.29, 1.82) is 0 Å². The molecule has 1 aromatic rings. The molecule has 1 rings (SSSR count). The van der Waals surface area contributed by atoms with E-state index in [4.69, 9.17) is 0 Å². The molecular weight excluding hydrogens is 197 g/mol. The maximum absolute atomic E-state index is 11.7. The van der Waals surface area contributed by atoms with Gasteiger partial charge in [-0.05, 0) is 6.92 Å². The Kier molecular flexibility index (Phi) is 9.12. The average Bonchev–Trinajstić information content (AvgIpc) is 2.20. The Bertz CT molecular complexity index is 310. The third-order valence-corrected chi connectivity index (χ3v) is 1.85. The van der Waals surface area contributed by atoms with E-state index in [0.717, 1.165) is 0 Å². The minimum atomic E-state index is -0.130. The van der Waals surface area contributed by atoms with Gasteiger partial charge in [0.25, 0.3) is 5.91 Å². The number of rotatable bonds is 3. The van der Waals surface area contributed by atoms with Gasteiger partial charge in [0.15, 0.2) is 0 Å². The molecule has 0 aliphatic carbocycles. The van der Waals surface area contributed by atoms with Crippen molar-refractivity contribution in [3.63, 3.8) is 0 Å². The van der Waals surface area contributed by atoms with E-state index in [9.17, 15) is 4.79 Å². The van der Waals surface area contributed by atoms with Crippen LogP contribution in [0.5, 0.6) is 0 Å². The van der Waals surface area contributed by atoms with Crippen molar-refractivity contribution >= 4 is 5.91 Å². The molecule has 0 spiro atoms. The first-order valence-electron chi connectivity index (χ1n) is 4.35. The second-order valence-corrected chi connectivity index (χ2v) is 2.81. The average molecular weight is 213 g/mol. The molecule has 0 aliphatic rings. The van der Waals surface area contributed by atoms with Crippen molar-refractivity contribution in [3.8, 4) is 0 Å². The molecule has 0 aromatic carbocycles. The molecule has 0 radical (unpaired) electrons. The Morgan fingerprint density at radius 3 is 2.12 bits per heavy atom. The smallest absolute Gasteiger partial charge is 0.399 e. The molecule has 0 bridgehead atoms. The van der Waals surface area contributed by atoms with Crippen LogP contribution >= 0.6 is 0 Å². The van der Waals surface area contributed by atoms with Gasteiger partial charge in [0, 0.05) is 12.4 Å². The fourth-order valence-corrected chi connectivity index (χ4v) is 1.00. The van der Waals surface area contributed by atoms with Crippen molar-refractivity contribution in [2.45, 2.75) is 6.92 Å². The fraction of sp³-hybridized carbons (Fsp3) is 0.273. The maximum Gasteiger partial charge on any atom is 1.00 e. The summed E-state index contributed by atoms with van der Waals surface area (Å²) >= 11 is 0. The van der Waals surface area contributed by atoms with Gasteiger partial charge < -0.3 is 26.2 Å². The van der Waals surface area contributed by atoms with Crippen LogP contribution in [-0.4, -0.2) is 33.9 Å². The van der Waals surface area contributed by atoms with Crippen molar-refractivity contribution < 1.29 is 23.7 Å². The number of carbonyl (C=O) groups excluding carboxylic acids is 1. The summed E-state index contributed by atoms with van der Waals surface area (Å²) in [6.45, 7) is 9.86. The summed E-state index contributed by atoms with van der Waals surface area (Å²) in [6, 6.07) is 0. The summed E-state index contributed by atoms with van der Waals surface area (Å²) in [7, 11) is 0. The van der Waals surface area contributed by atoms with Gasteiger partial charge in [-0.1, -0.05) is 0 Å². The zero-order valence-corrected chi connectivity index (χ0v) is 10.2. The van der Waals surface area contributed by atoms with E-state index in [2.05, 4.69) is 23.8 Å². The van der Waals surface area contributed by atoms with Crippen LogP contribution in [0.3, 0.4) is 0 Å². The van der Waals surface area contributed by atoms with E-state index >= 15 is 0 Å². The van der Waals surface area contributed by atoms with E-state index in [1.54, 1.807) is 6.92 Å². The van der Waals surface area contributed by atoms with Gasteiger partial charge in [0.05, 0.1) is 5.56 Å². The Hall–Kier alpha value is -0.853. The van der Waals surface area contributed by atoms with Gasteiger partial charge in [-0.25, -0.2) is 9.97 Å². The van der Waals surface area contributed by atoms with Crippen LogP contribution in [0.4, 0.5) is 0 Å². The molecule has 0 N–H and O–H groups in total. The van der Waals surface area contributed by atoms with Crippen LogP contribution in [0, 0.1) is 28.2 Å². The van der Waals surface area contributed by atoms with Crippen molar-refractivity contribution in [2.24, 2.45) is 0 Å². The number of nitrogens with zero attached hydrogens (tertiary/aromatic N) is 3. The first-order valence-corrected chi connectivity index (χ1v) is 4.35. The second-order valence-electron chi connectivity index (χ2n) is 2.81. The number of amides is 1. The number of aryl methyl sites for hydroxylation is 1. The van der Waals surface area contributed by atoms with Crippen LogP contribution in [0.25, 0.3) is 0 Å². The number of hydrogen-bond acceptors (Lipinski definition) is 3. The van der Waals surface area contributed by atoms with Crippen molar-refractivity contribution in [1.82, 2.24) is 14.9 Å². The molecule has 4 nitrogen and oxygen atoms in total. The zero-order chi connectivity index (χ0) is 10.6. The minimum Gasteiger partial charge on any atom is -0.399 e. The van der Waals surface area contributed by atoms with Crippen molar-refractivity contribution in [3.05, 3.63) is 45.1 Å². The Labute approximate surface area is 110 Å². The quantitative estimate of drug-likeness (QED) is 0.446. The van der Waals surface area contributed by atoms with Gasteiger partial charge >= 0.3 is 18.9 Å². The first-order chi connectivity index (χ1) is 6.69. The molecule has 84 valence electrons. The molecule has 0 aliphatic heterocycles. The van der Waals surface area contributed by atoms with Crippen LogP contribution in [0.1, 0.15) is 16.2 Å². The van der Waals surface area contributed by atoms with Gasteiger partial charge in [-0.3, -0.25) is 4.79 Å². The van der Waals surface area contributed by atoms with E-state index in [-0.39, 0.29) is 32.2 Å². The molecule has 5 heteroatoms. The normalized spacial score (nSPS) is 8.69. The van der Waals surface area contributed by atoms with Gasteiger partial charge in [0.2, 0.25) is 0 Å². The van der Waals surface area contributed by atoms with Gasteiger partial charge in [0.1, 0.15) is 5.82 Å². The van der Waals surface area contributed by atoms with Gasteiger partial charge in [-0.2, -0.15) is 0 Å². The molecular formula is C11H16LiN3O-2. The Morgan fingerprint density at radius 2 is 1.75 bits per heavy atom. The summed E-state index contributed by atoms with van der Waals surface area (Å²) in [5, 5.41) is 0. The van der Waals surface area contributed by atoms with Crippen molar-refractivity contribution in [2.75, 3.05) is 13.1 Å². The van der Waals surface area contributed by atoms with Crippen LogP contribution < -0.4 is 18.9 Å². The molecule has 1 heterocycles. The monoisotopic (exact) mass is 213 g/mol. The van der Waals surface area contributed by atoms with Crippen LogP contribution in [0.2, 0.25) is 0 Å². The molecule has 1 amide bonds. The molecule has 0 saturated heterocycles. The summed E-state index contributed by atoms with van der Waals surface area (Å²) in [5.74, 6) is 0.521. The summed E-state index contributed by atoms with van der Waals surface area (Å²) < 4.78 is 0. The van der Waals surface area contributed by atoms with E-state index in [1.807, 2.05) is 0 Å². The number of hydrogen-bond donors (Lipinski definition) is 0. The standard InChI is InChI=1S/C10H13N3O.CH3.Li/c1-4-13(5-2)10(14)9-6-11-8(3)12-7-9;;/h6-7H,1-2,4-5H2,3H3;1H3;/q-2;-1;+1. The second kappa shape index (κ2) is 8.32. The third-order valence-electron chi connectivity index (χ3n) is 1.85. The number of carbonyl (C=O) groups is 1. The predicted molar refractivity (Wildman–Crippen MR) is 59.8 cm³/mol. The van der Waals surface area contributed by atoms with Crippen LogP contribution in [-0.2, 0) is 0 Å². The fourth-order valence-electron chi connectivity index (χ4n) is 1.00. The Balaban J connectivity index is 0. The molecule has 1 aromatic heterocycles. The van der Waals surface area contributed by atoms with Crippen LogP contribution in [0.15, 0.2) is 12.4 Å². The van der Waals surface area contributed by atoms with E-state index in [1.165, 1.54) is 17.3 Å². The topological polar surface area (TPSA) is 46.1 Å². The first kappa shape index (κ1) is 17.5. The summed E-state index contributed by atoms with van der Waals surface area (Å²) in [6.07, 6.45) is 3.03. The summed E-state index contributed by atoms with van der Waals surface area (Å²) in [5.41, 5.74) is 0.475. The maximum atomic E-state index is 11.7. The molecule has 0 unspecified atom stereocenters. The zero-order valence-electron chi connectivity index (χ0n) is 10.2. The third kappa shape index (κ3) is 4.34.